The van der Waals surface area contributed by atoms with Crippen LogP contribution in [-0.2, 0) is 20.5 Å². The number of phosphoric acid groups is 1. The summed E-state index contributed by atoms with van der Waals surface area (Å²) < 4.78 is 15.6. The predicted octanol–water partition coefficient (Wildman–Crippen LogP) is 3.61. The van der Waals surface area contributed by atoms with Gasteiger partial charge in [-0.3, -0.25) is 14.6 Å². The largest absolute Gasteiger partial charge is 0.469 e. The SMILES string of the molecule is C/C(=N\OCc1ccc([N+](=O)[O-])cc1)c1ccc([C@@H]2CC[C@](N)(COP(=O)(O)O)C2)cc1. The van der Waals surface area contributed by atoms with Crippen LogP contribution in [0.25, 0.3) is 0 Å². The maximum atomic E-state index is 10.9. The van der Waals surface area contributed by atoms with E-state index in [1.165, 1.54) is 12.1 Å². The summed E-state index contributed by atoms with van der Waals surface area (Å²) in [6.07, 6.45) is 2.01. The van der Waals surface area contributed by atoms with E-state index < -0.39 is 18.3 Å². The zero-order chi connectivity index (χ0) is 23.4. The molecular formula is C21H26N3O7P. The molecule has 0 bridgehead atoms. The lowest BCUT2D eigenvalue weighted by Crippen LogP contribution is -2.41. The number of nitrogens with two attached hydrogens (primary N) is 1. The molecule has 10 nitrogen and oxygen atoms in total. The Morgan fingerprint density at radius 1 is 1.25 bits per heavy atom. The van der Waals surface area contributed by atoms with Crippen molar-refractivity contribution in [3.05, 3.63) is 75.3 Å². The molecule has 2 aromatic rings. The fourth-order valence-corrected chi connectivity index (χ4v) is 4.18. The molecule has 2 atom stereocenters. The molecule has 0 unspecified atom stereocenters. The lowest BCUT2D eigenvalue weighted by atomic mass is 9.93. The van der Waals surface area contributed by atoms with Crippen LogP contribution in [0, 0.1) is 10.1 Å². The zero-order valence-corrected chi connectivity index (χ0v) is 18.5. The third-order valence-corrected chi connectivity index (χ3v) is 6.01. The van der Waals surface area contributed by atoms with Gasteiger partial charge >= 0.3 is 7.82 Å². The molecule has 1 aliphatic carbocycles. The molecule has 0 saturated heterocycles. The van der Waals surface area contributed by atoms with Crippen LogP contribution >= 0.6 is 7.82 Å². The number of hydrogen-bond acceptors (Lipinski definition) is 7. The number of nitro groups is 1. The van der Waals surface area contributed by atoms with Crippen molar-refractivity contribution in [2.45, 2.75) is 44.2 Å². The van der Waals surface area contributed by atoms with E-state index in [0.29, 0.717) is 18.6 Å². The first-order valence-corrected chi connectivity index (χ1v) is 11.6. The van der Waals surface area contributed by atoms with Crippen molar-refractivity contribution >= 4 is 19.2 Å². The highest BCUT2D eigenvalue weighted by Crippen LogP contribution is 2.43. The van der Waals surface area contributed by atoms with E-state index in [0.717, 1.165) is 23.1 Å². The van der Waals surface area contributed by atoms with Gasteiger partial charge in [0.2, 0.25) is 0 Å². The second kappa shape index (κ2) is 9.89. The number of hydrogen-bond donors (Lipinski definition) is 3. The molecule has 2 aromatic carbocycles. The fourth-order valence-electron chi connectivity index (χ4n) is 3.75. The molecule has 1 aliphatic rings. The van der Waals surface area contributed by atoms with E-state index in [2.05, 4.69) is 9.68 Å². The van der Waals surface area contributed by atoms with Crippen LogP contribution in [0.2, 0.25) is 0 Å². The van der Waals surface area contributed by atoms with Crippen molar-refractivity contribution in [1.29, 1.82) is 0 Å². The van der Waals surface area contributed by atoms with Crippen molar-refractivity contribution in [1.82, 2.24) is 0 Å². The molecule has 0 aromatic heterocycles. The van der Waals surface area contributed by atoms with Crippen LogP contribution in [0.4, 0.5) is 5.69 Å². The van der Waals surface area contributed by atoms with Gasteiger partial charge in [0.25, 0.3) is 5.69 Å². The molecule has 1 saturated carbocycles. The molecule has 0 heterocycles. The number of benzene rings is 2. The summed E-state index contributed by atoms with van der Waals surface area (Å²) in [5.74, 6) is 0.185. The second-order valence-corrected chi connectivity index (χ2v) is 9.30. The summed E-state index contributed by atoms with van der Waals surface area (Å²) in [6.45, 7) is 1.85. The van der Waals surface area contributed by atoms with E-state index in [-0.39, 0.29) is 24.8 Å². The monoisotopic (exact) mass is 463 g/mol. The van der Waals surface area contributed by atoms with E-state index in [1.54, 1.807) is 12.1 Å². The maximum Gasteiger partial charge on any atom is 0.469 e. The highest BCUT2D eigenvalue weighted by atomic mass is 31.2. The summed E-state index contributed by atoms with van der Waals surface area (Å²) in [4.78, 5) is 33.4. The number of nitrogens with zero attached hydrogens (tertiary/aromatic N) is 2. The van der Waals surface area contributed by atoms with Crippen LogP contribution in [0.15, 0.2) is 53.7 Å². The Morgan fingerprint density at radius 2 is 1.91 bits per heavy atom. The summed E-state index contributed by atoms with van der Waals surface area (Å²) in [6, 6.07) is 14.0. The Kier molecular flexibility index (Phi) is 7.43. The lowest BCUT2D eigenvalue weighted by Gasteiger charge is -2.24. The standard InChI is InChI=1S/C21H26N3O7P/c1-15(23-30-13-16-2-8-20(9-3-16)24(25)26)17-4-6-18(7-5-17)19-10-11-21(22,12-19)14-31-32(27,28)29/h2-9,19H,10-14,22H2,1H3,(H2,27,28,29)/b23-15+/t19-,21-/m1/s1. The van der Waals surface area contributed by atoms with Crippen molar-refractivity contribution in [2.24, 2.45) is 10.9 Å². The number of rotatable bonds is 9. The second-order valence-electron chi connectivity index (χ2n) is 8.06. The summed E-state index contributed by atoms with van der Waals surface area (Å²) in [5.41, 5.74) is 8.97. The summed E-state index contributed by atoms with van der Waals surface area (Å²) in [7, 11) is -4.54. The molecule has 0 amide bonds. The van der Waals surface area contributed by atoms with E-state index >= 15 is 0 Å². The van der Waals surface area contributed by atoms with Crippen LogP contribution in [0.3, 0.4) is 0 Å². The summed E-state index contributed by atoms with van der Waals surface area (Å²) >= 11 is 0. The first-order chi connectivity index (χ1) is 15.0. The number of nitro benzene ring substituents is 1. The Labute approximate surface area is 185 Å². The van der Waals surface area contributed by atoms with Gasteiger partial charge in [-0.15, -0.1) is 0 Å². The minimum Gasteiger partial charge on any atom is -0.391 e. The van der Waals surface area contributed by atoms with Gasteiger partial charge in [-0.2, -0.15) is 0 Å². The predicted molar refractivity (Wildman–Crippen MR) is 118 cm³/mol. The van der Waals surface area contributed by atoms with E-state index in [1.807, 2.05) is 31.2 Å². The maximum absolute atomic E-state index is 10.9. The van der Waals surface area contributed by atoms with Crippen LogP contribution in [-0.4, -0.2) is 32.6 Å². The third kappa shape index (κ3) is 6.69. The van der Waals surface area contributed by atoms with Crippen molar-refractivity contribution in [3.8, 4) is 0 Å². The van der Waals surface area contributed by atoms with Crippen LogP contribution in [0.5, 0.6) is 0 Å². The summed E-state index contributed by atoms with van der Waals surface area (Å²) in [5, 5.41) is 14.8. The first-order valence-electron chi connectivity index (χ1n) is 10.0. The first kappa shape index (κ1) is 24.0. The molecule has 11 heteroatoms. The molecule has 1 fully saturated rings. The van der Waals surface area contributed by atoms with Gasteiger partial charge in [0.15, 0.2) is 0 Å². The zero-order valence-electron chi connectivity index (χ0n) is 17.6. The minimum absolute atomic E-state index is 0.0250. The van der Waals surface area contributed by atoms with Crippen molar-refractivity contribution in [2.75, 3.05) is 6.61 Å². The van der Waals surface area contributed by atoms with E-state index in [9.17, 15) is 14.7 Å². The van der Waals surface area contributed by atoms with Crippen molar-refractivity contribution in [3.63, 3.8) is 0 Å². The van der Waals surface area contributed by atoms with Crippen molar-refractivity contribution < 1.29 is 28.6 Å². The topological polar surface area (TPSA) is 158 Å². The molecule has 3 rings (SSSR count). The smallest absolute Gasteiger partial charge is 0.391 e. The number of phosphoric ester groups is 1. The van der Waals surface area contributed by atoms with E-state index in [4.69, 9.17) is 20.4 Å². The van der Waals surface area contributed by atoms with Gasteiger partial charge in [0, 0.05) is 17.7 Å². The third-order valence-electron chi connectivity index (χ3n) is 5.54. The van der Waals surface area contributed by atoms with Gasteiger partial charge in [-0.1, -0.05) is 29.4 Å². The molecule has 0 aliphatic heterocycles. The van der Waals surface area contributed by atoms with Crippen LogP contribution < -0.4 is 5.73 Å². The average molecular weight is 463 g/mol. The fraction of sp³-hybridized carbons (Fsp3) is 0.381. The number of oxime groups is 1. The lowest BCUT2D eigenvalue weighted by molar-refractivity contribution is -0.384. The molecule has 4 N–H and O–H groups in total. The quantitative estimate of drug-likeness (QED) is 0.220. The van der Waals surface area contributed by atoms with Gasteiger partial charge in [0.05, 0.1) is 17.2 Å². The van der Waals surface area contributed by atoms with Gasteiger partial charge in [-0.05, 0) is 60.9 Å². The molecule has 32 heavy (non-hydrogen) atoms. The number of non-ortho nitro benzene ring substituents is 1. The van der Waals surface area contributed by atoms with Gasteiger partial charge in [0.1, 0.15) is 6.61 Å². The Hall–Kier alpha value is -2.62. The van der Waals surface area contributed by atoms with Gasteiger partial charge in [-0.25, -0.2) is 4.57 Å². The highest BCUT2D eigenvalue weighted by Gasteiger charge is 2.38. The Bertz CT molecular complexity index is 1020. The van der Waals surface area contributed by atoms with Gasteiger partial charge < -0.3 is 20.4 Å². The minimum atomic E-state index is -4.54. The normalized spacial score (nSPS) is 21.5. The molecular weight excluding hydrogens is 437 g/mol. The molecule has 0 radical (unpaired) electrons. The molecule has 0 spiro atoms. The van der Waals surface area contributed by atoms with Crippen LogP contribution in [0.1, 0.15) is 48.8 Å². The Balaban J connectivity index is 1.54. The molecule has 172 valence electrons. The highest BCUT2D eigenvalue weighted by molar-refractivity contribution is 7.46. The Morgan fingerprint density at radius 3 is 2.50 bits per heavy atom. The average Bonchev–Trinajstić information content (AvgIpc) is 3.15.